The SMILES string of the molecule is NCc1c(C(F)F)ncc(C(F)(F)F)c1I. The second kappa shape index (κ2) is 4.78. The van der Waals surface area contributed by atoms with E-state index in [1.165, 1.54) is 22.6 Å². The molecule has 1 aromatic rings. The van der Waals surface area contributed by atoms with Crippen LogP contribution < -0.4 is 5.73 Å². The second-order valence-electron chi connectivity index (χ2n) is 2.85. The van der Waals surface area contributed by atoms with Gasteiger partial charge in [-0.2, -0.15) is 13.2 Å². The van der Waals surface area contributed by atoms with E-state index in [2.05, 4.69) is 4.98 Å². The molecule has 0 aromatic carbocycles. The maximum Gasteiger partial charge on any atom is 0.418 e. The highest BCUT2D eigenvalue weighted by Crippen LogP contribution is 2.36. The van der Waals surface area contributed by atoms with Gasteiger partial charge in [-0.3, -0.25) is 4.98 Å². The van der Waals surface area contributed by atoms with Crippen molar-refractivity contribution in [3.8, 4) is 0 Å². The molecule has 2 nitrogen and oxygen atoms in total. The van der Waals surface area contributed by atoms with Gasteiger partial charge in [0.05, 0.1) is 5.56 Å². The largest absolute Gasteiger partial charge is 0.418 e. The van der Waals surface area contributed by atoms with Gasteiger partial charge in [-0.05, 0) is 22.6 Å². The van der Waals surface area contributed by atoms with Crippen molar-refractivity contribution in [2.75, 3.05) is 0 Å². The first-order valence-electron chi connectivity index (χ1n) is 4.01. The Labute approximate surface area is 101 Å². The van der Waals surface area contributed by atoms with E-state index in [1.807, 2.05) is 0 Å². The van der Waals surface area contributed by atoms with Crippen LogP contribution in [-0.2, 0) is 12.7 Å². The van der Waals surface area contributed by atoms with E-state index in [-0.39, 0.29) is 9.13 Å². The Morgan fingerprint density at radius 1 is 1.38 bits per heavy atom. The van der Waals surface area contributed by atoms with Crippen molar-refractivity contribution in [1.82, 2.24) is 4.98 Å². The molecule has 0 fully saturated rings. The summed E-state index contributed by atoms with van der Waals surface area (Å²) in [6.07, 6.45) is -7.15. The lowest BCUT2D eigenvalue weighted by atomic mass is 10.1. The molecule has 0 aliphatic carbocycles. The van der Waals surface area contributed by atoms with Gasteiger partial charge in [0.25, 0.3) is 6.43 Å². The molecule has 8 heteroatoms. The van der Waals surface area contributed by atoms with Gasteiger partial charge >= 0.3 is 6.18 Å². The van der Waals surface area contributed by atoms with Crippen LogP contribution >= 0.6 is 22.6 Å². The van der Waals surface area contributed by atoms with Gasteiger partial charge in [-0.15, -0.1) is 0 Å². The summed E-state index contributed by atoms with van der Waals surface area (Å²) in [6, 6.07) is 0. The molecule has 0 amide bonds. The molecule has 0 bridgehead atoms. The highest BCUT2D eigenvalue weighted by molar-refractivity contribution is 14.1. The summed E-state index contributed by atoms with van der Waals surface area (Å²) in [5, 5.41) is 0. The summed E-state index contributed by atoms with van der Waals surface area (Å²) >= 11 is 1.35. The molecular formula is C8H6F5IN2. The summed E-state index contributed by atoms with van der Waals surface area (Å²) in [5.74, 6) is 0. The first kappa shape index (κ1) is 13.6. The molecule has 0 radical (unpaired) electrons. The van der Waals surface area contributed by atoms with Crippen LogP contribution in [0.1, 0.15) is 23.2 Å². The van der Waals surface area contributed by atoms with Crippen molar-refractivity contribution >= 4 is 22.6 Å². The fraction of sp³-hybridized carbons (Fsp3) is 0.375. The highest BCUT2D eigenvalue weighted by Gasteiger charge is 2.35. The number of nitrogens with zero attached hydrogens (tertiary/aromatic N) is 1. The zero-order valence-electron chi connectivity index (χ0n) is 7.65. The fourth-order valence-corrected chi connectivity index (χ4v) is 2.07. The van der Waals surface area contributed by atoms with Crippen LogP contribution in [0.2, 0.25) is 0 Å². The van der Waals surface area contributed by atoms with Crippen molar-refractivity contribution in [2.45, 2.75) is 19.1 Å². The Kier molecular flexibility index (Phi) is 4.05. The van der Waals surface area contributed by atoms with Crippen LogP contribution in [0.25, 0.3) is 0 Å². The lowest BCUT2D eigenvalue weighted by Crippen LogP contribution is -2.15. The van der Waals surface area contributed by atoms with Crippen molar-refractivity contribution in [3.05, 3.63) is 26.6 Å². The van der Waals surface area contributed by atoms with Crippen LogP contribution in [0.15, 0.2) is 6.20 Å². The molecule has 1 heterocycles. The van der Waals surface area contributed by atoms with E-state index in [1.54, 1.807) is 0 Å². The number of aromatic nitrogens is 1. The van der Waals surface area contributed by atoms with Crippen molar-refractivity contribution in [1.29, 1.82) is 0 Å². The predicted octanol–water partition coefficient (Wildman–Crippen LogP) is 3.10. The molecule has 0 spiro atoms. The third-order valence-corrected chi connectivity index (χ3v) is 3.09. The van der Waals surface area contributed by atoms with Crippen LogP contribution in [0.3, 0.4) is 0 Å². The van der Waals surface area contributed by atoms with Gasteiger partial charge in [0, 0.05) is 21.9 Å². The first-order valence-corrected chi connectivity index (χ1v) is 5.09. The fourth-order valence-electron chi connectivity index (χ4n) is 1.12. The molecule has 2 N–H and O–H groups in total. The number of hydrogen-bond acceptors (Lipinski definition) is 2. The van der Waals surface area contributed by atoms with Gasteiger partial charge in [-0.1, -0.05) is 0 Å². The average Bonchev–Trinajstić information content (AvgIpc) is 2.14. The summed E-state index contributed by atoms with van der Waals surface area (Å²) < 4.78 is 61.8. The Balaban J connectivity index is 3.41. The van der Waals surface area contributed by atoms with E-state index in [4.69, 9.17) is 5.73 Å². The number of halogens is 6. The number of rotatable bonds is 2. The molecule has 0 aliphatic heterocycles. The van der Waals surface area contributed by atoms with Crippen molar-refractivity contribution < 1.29 is 22.0 Å². The molecule has 90 valence electrons. The van der Waals surface area contributed by atoms with Crippen molar-refractivity contribution in [3.63, 3.8) is 0 Å². The quantitative estimate of drug-likeness (QED) is 0.656. The Morgan fingerprint density at radius 2 is 1.94 bits per heavy atom. The third kappa shape index (κ3) is 2.59. The smallest absolute Gasteiger partial charge is 0.326 e. The molecule has 0 unspecified atom stereocenters. The predicted molar refractivity (Wildman–Crippen MR) is 54.8 cm³/mol. The van der Waals surface area contributed by atoms with Gasteiger partial charge in [0.1, 0.15) is 5.69 Å². The minimum absolute atomic E-state index is 0.259. The summed E-state index contributed by atoms with van der Waals surface area (Å²) in [7, 11) is 0. The lowest BCUT2D eigenvalue weighted by molar-refractivity contribution is -0.138. The summed E-state index contributed by atoms with van der Waals surface area (Å²) in [5.41, 5.74) is 3.16. The Bertz CT molecular complexity index is 391. The number of nitrogens with two attached hydrogens (primary N) is 1. The molecule has 16 heavy (non-hydrogen) atoms. The van der Waals surface area contributed by atoms with Crippen LogP contribution in [0.5, 0.6) is 0 Å². The molecular weight excluding hydrogens is 346 g/mol. The van der Waals surface area contributed by atoms with E-state index in [0.717, 1.165) is 0 Å². The van der Waals surface area contributed by atoms with Crippen LogP contribution in [0, 0.1) is 3.57 Å². The maximum atomic E-state index is 12.4. The van der Waals surface area contributed by atoms with E-state index < -0.39 is 30.4 Å². The second-order valence-corrected chi connectivity index (χ2v) is 3.93. The number of pyridine rings is 1. The van der Waals surface area contributed by atoms with E-state index in [0.29, 0.717) is 6.20 Å². The molecule has 0 atom stereocenters. The van der Waals surface area contributed by atoms with Gasteiger partial charge in [0.15, 0.2) is 0 Å². The highest BCUT2D eigenvalue weighted by atomic mass is 127. The first-order chi connectivity index (χ1) is 7.29. The summed E-state index contributed by atoms with van der Waals surface area (Å²) in [4.78, 5) is 3.12. The number of hydrogen-bond donors (Lipinski definition) is 1. The molecule has 0 aliphatic rings. The van der Waals surface area contributed by atoms with Gasteiger partial charge in [-0.25, -0.2) is 8.78 Å². The third-order valence-electron chi connectivity index (χ3n) is 1.86. The maximum absolute atomic E-state index is 12.4. The average molecular weight is 352 g/mol. The van der Waals surface area contributed by atoms with Gasteiger partial charge in [0.2, 0.25) is 0 Å². The normalized spacial score (nSPS) is 12.2. The molecule has 1 aromatic heterocycles. The lowest BCUT2D eigenvalue weighted by Gasteiger charge is -2.14. The van der Waals surface area contributed by atoms with Crippen LogP contribution in [0.4, 0.5) is 22.0 Å². The molecule has 1 rings (SSSR count). The molecule has 0 saturated carbocycles. The van der Waals surface area contributed by atoms with Crippen LogP contribution in [-0.4, -0.2) is 4.98 Å². The monoisotopic (exact) mass is 352 g/mol. The Morgan fingerprint density at radius 3 is 2.31 bits per heavy atom. The summed E-state index contributed by atoms with van der Waals surface area (Å²) in [6.45, 7) is -0.408. The van der Waals surface area contributed by atoms with E-state index >= 15 is 0 Å². The van der Waals surface area contributed by atoms with Gasteiger partial charge < -0.3 is 5.73 Å². The molecule has 0 saturated heterocycles. The minimum atomic E-state index is -4.62. The van der Waals surface area contributed by atoms with E-state index in [9.17, 15) is 22.0 Å². The zero-order chi connectivity index (χ0) is 12.5. The minimum Gasteiger partial charge on any atom is -0.326 e. The zero-order valence-corrected chi connectivity index (χ0v) is 9.81. The topological polar surface area (TPSA) is 38.9 Å². The number of alkyl halides is 5. The standard InChI is InChI=1S/C8H6F5IN2/c9-7(10)6-3(1-15)5(14)4(2-16-6)8(11,12)13/h2,7H,1,15H2. The Hall–Kier alpha value is -0.510. The van der Waals surface area contributed by atoms with Crippen molar-refractivity contribution in [2.24, 2.45) is 5.73 Å².